The van der Waals surface area contributed by atoms with E-state index in [1.54, 1.807) is 6.20 Å². The van der Waals surface area contributed by atoms with Crippen LogP contribution in [0.25, 0.3) is 0 Å². The molecule has 1 fully saturated rings. The molecule has 2 heterocycles. The monoisotopic (exact) mass is 239 g/mol. The molecule has 0 amide bonds. The lowest BCUT2D eigenvalue weighted by molar-refractivity contribution is 0.382. The average Bonchev–Trinajstić information content (AvgIpc) is 2.61. The molecule has 0 unspecified atom stereocenters. The van der Waals surface area contributed by atoms with Gasteiger partial charge in [0.1, 0.15) is 5.82 Å². The van der Waals surface area contributed by atoms with Crippen molar-refractivity contribution >= 4 is 17.4 Å². The van der Waals surface area contributed by atoms with Crippen molar-refractivity contribution in [2.24, 2.45) is 17.6 Å². The molecule has 1 aromatic rings. The molecule has 0 spiro atoms. The normalized spacial score (nSPS) is 25.4. The molecule has 4 heteroatoms. The van der Waals surface area contributed by atoms with Crippen LogP contribution in [0, 0.1) is 11.8 Å². The molecule has 0 aliphatic carbocycles. The third kappa shape index (κ3) is 2.15. The van der Waals surface area contributed by atoms with Crippen molar-refractivity contribution in [1.82, 2.24) is 4.98 Å². The predicted molar refractivity (Wildman–Crippen MR) is 67.8 cm³/mol. The first-order valence-corrected chi connectivity index (χ1v) is 6.08. The Morgan fingerprint density at radius 1 is 1.50 bits per heavy atom. The molecule has 3 nitrogen and oxygen atoms in total. The van der Waals surface area contributed by atoms with Crippen LogP contribution in [0.2, 0.25) is 5.02 Å². The first-order chi connectivity index (χ1) is 7.59. The van der Waals surface area contributed by atoms with Crippen LogP contribution in [0.4, 0.5) is 5.82 Å². The summed E-state index contributed by atoms with van der Waals surface area (Å²) in [6, 6.07) is 3.94. The number of rotatable bonds is 2. The average molecular weight is 240 g/mol. The van der Waals surface area contributed by atoms with Gasteiger partial charge in [-0.05, 0) is 24.0 Å². The highest BCUT2D eigenvalue weighted by atomic mass is 35.5. The zero-order valence-electron chi connectivity index (χ0n) is 9.73. The molecule has 0 saturated carbocycles. The quantitative estimate of drug-likeness (QED) is 0.860. The Morgan fingerprint density at radius 2 is 2.25 bits per heavy atom. The van der Waals surface area contributed by atoms with Gasteiger partial charge in [-0.1, -0.05) is 25.4 Å². The van der Waals surface area contributed by atoms with Gasteiger partial charge < -0.3 is 10.6 Å². The van der Waals surface area contributed by atoms with E-state index in [1.807, 2.05) is 12.1 Å². The number of anilines is 1. The van der Waals surface area contributed by atoms with Crippen molar-refractivity contribution in [3.05, 3.63) is 23.4 Å². The first kappa shape index (κ1) is 11.7. The van der Waals surface area contributed by atoms with Crippen molar-refractivity contribution in [2.45, 2.75) is 19.9 Å². The number of pyridine rings is 1. The van der Waals surface area contributed by atoms with Gasteiger partial charge in [0.05, 0.1) is 5.02 Å². The van der Waals surface area contributed by atoms with E-state index >= 15 is 0 Å². The van der Waals surface area contributed by atoms with Crippen LogP contribution in [0.1, 0.15) is 13.8 Å². The van der Waals surface area contributed by atoms with Gasteiger partial charge in [0.2, 0.25) is 0 Å². The van der Waals surface area contributed by atoms with Crippen molar-refractivity contribution in [3.8, 4) is 0 Å². The van der Waals surface area contributed by atoms with E-state index in [0.717, 1.165) is 18.9 Å². The van der Waals surface area contributed by atoms with Gasteiger partial charge in [0, 0.05) is 25.3 Å². The second kappa shape index (κ2) is 4.60. The summed E-state index contributed by atoms with van der Waals surface area (Å²) in [6.07, 6.45) is 1.77. The van der Waals surface area contributed by atoms with E-state index < -0.39 is 0 Å². The topological polar surface area (TPSA) is 42.2 Å². The molecule has 1 aliphatic rings. The van der Waals surface area contributed by atoms with E-state index in [1.165, 1.54) is 0 Å². The van der Waals surface area contributed by atoms with Gasteiger partial charge in [-0.3, -0.25) is 0 Å². The van der Waals surface area contributed by atoms with Crippen LogP contribution < -0.4 is 10.6 Å². The molecule has 88 valence electrons. The minimum absolute atomic E-state index is 0.220. The molecule has 0 aromatic carbocycles. The molecule has 2 N–H and O–H groups in total. The zero-order chi connectivity index (χ0) is 11.7. The number of halogens is 1. The van der Waals surface area contributed by atoms with Crippen LogP contribution in [0.3, 0.4) is 0 Å². The van der Waals surface area contributed by atoms with Gasteiger partial charge in [-0.2, -0.15) is 0 Å². The summed E-state index contributed by atoms with van der Waals surface area (Å²) in [5, 5.41) is 0.708. The van der Waals surface area contributed by atoms with Crippen molar-refractivity contribution in [3.63, 3.8) is 0 Å². The van der Waals surface area contributed by atoms with Gasteiger partial charge >= 0.3 is 0 Å². The van der Waals surface area contributed by atoms with Gasteiger partial charge in [-0.15, -0.1) is 0 Å². The number of nitrogens with two attached hydrogens (primary N) is 1. The molecular weight excluding hydrogens is 222 g/mol. The van der Waals surface area contributed by atoms with E-state index in [4.69, 9.17) is 17.3 Å². The van der Waals surface area contributed by atoms with Crippen LogP contribution >= 0.6 is 11.6 Å². The Hall–Kier alpha value is -0.800. The first-order valence-electron chi connectivity index (χ1n) is 5.70. The summed E-state index contributed by atoms with van der Waals surface area (Å²) < 4.78 is 0. The minimum Gasteiger partial charge on any atom is -0.353 e. The van der Waals surface area contributed by atoms with Crippen molar-refractivity contribution in [2.75, 3.05) is 18.0 Å². The molecule has 0 radical (unpaired) electrons. The summed E-state index contributed by atoms with van der Waals surface area (Å²) in [5.41, 5.74) is 6.15. The predicted octanol–water partition coefficient (Wildman–Crippen LogP) is 2.15. The molecule has 2 rings (SSSR count). The maximum atomic E-state index is 6.15. The Morgan fingerprint density at radius 3 is 2.81 bits per heavy atom. The highest BCUT2D eigenvalue weighted by molar-refractivity contribution is 6.32. The fourth-order valence-electron chi connectivity index (χ4n) is 2.34. The maximum absolute atomic E-state index is 6.15. The number of nitrogens with zero attached hydrogens (tertiary/aromatic N) is 2. The lowest BCUT2D eigenvalue weighted by Gasteiger charge is -2.19. The lowest BCUT2D eigenvalue weighted by Crippen LogP contribution is -2.32. The number of aromatic nitrogens is 1. The number of hydrogen-bond donors (Lipinski definition) is 1. The van der Waals surface area contributed by atoms with Gasteiger partial charge in [0.25, 0.3) is 0 Å². The largest absolute Gasteiger partial charge is 0.353 e. The summed E-state index contributed by atoms with van der Waals surface area (Å²) in [7, 11) is 0. The van der Waals surface area contributed by atoms with E-state index in [9.17, 15) is 0 Å². The van der Waals surface area contributed by atoms with E-state index in [2.05, 4.69) is 23.7 Å². The Labute approximate surface area is 102 Å². The molecule has 0 bridgehead atoms. The number of hydrogen-bond acceptors (Lipinski definition) is 3. The third-order valence-corrected chi connectivity index (χ3v) is 3.60. The SMILES string of the molecule is CC(C)[C@H]1CN(c2ncccc2Cl)C[C@@H]1N. The second-order valence-corrected chi connectivity index (χ2v) is 5.19. The Kier molecular flexibility index (Phi) is 3.36. The summed E-state index contributed by atoms with van der Waals surface area (Å²) in [4.78, 5) is 6.52. The molecule has 1 saturated heterocycles. The third-order valence-electron chi connectivity index (χ3n) is 3.31. The molecule has 1 aromatic heterocycles. The molecule has 2 atom stereocenters. The van der Waals surface area contributed by atoms with Crippen LogP contribution in [0.5, 0.6) is 0 Å². The fraction of sp³-hybridized carbons (Fsp3) is 0.583. The maximum Gasteiger partial charge on any atom is 0.147 e. The lowest BCUT2D eigenvalue weighted by atomic mass is 9.92. The van der Waals surface area contributed by atoms with Crippen molar-refractivity contribution in [1.29, 1.82) is 0 Å². The van der Waals surface area contributed by atoms with Gasteiger partial charge in [-0.25, -0.2) is 4.98 Å². The summed E-state index contributed by atoms with van der Waals surface area (Å²) >= 11 is 6.13. The van der Waals surface area contributed by atoms with E-state index in [0.29, 0.717) is 16.9 Å². The van der Waals surface area contributed by atoms with E-state index in [-0.39, 0.29) is 6.04 Å². The Balaban J connectivity index is 2.17. The van der Waals surface area contributed by atoms with Crippen LogP contribution in [-0.4, -0.2) is 24.1 Å². The minimum atomic E-state index is 0.220. The standard InChI is InChI=1S/C12H18ClN3/c1-8(2)9-6-16(7-11(9)14)12-10(13)4-3-5-15-12/h3-5,8-9,11H,6-7,14H2,1-2H3/t9-,11+/m1/s1. The molecule has 16 heavy (non-hydrogen) atoms. The fourth-order valence-corrected chi connectivity index (χ4v) is 2.58. The molecule has 1 aliphatic heterocycles. The van der Waals surface area contributed by atoms with Crippen LogP contribution in [-0.2, 0) is 0 Å². The zero-order valence-corrected chi connectivity index (χ0v) is 10.5. The highest BCUT2D eigenvalue weighted by Crippen LogP contribution is 2.30. The van der Waals surface area contributed by atoms with Gasteiger partial charge in [0.15, 0.2) is 0 Å². The van der Waals surface area contributed by atoms with Crippen LogP contribution in [0.15, 0.2) is 18.3 Å². The second-order valence-electron chi connectivity index (χ2n) is 4.79. The highest BCUT2D eigenvalue weighted by Gasteiger charge is 2.33. The summed E-state index contributed by atoms with van der Waals surface area (Å²) in [5.74, 6) is 1.99. The Bertz CT molecular complexity index is 367. The van der Waals surface area contributed by atoms with Crippen molar-refractivity contribution < 1.29 is 0 Å². The smallest absolute Gasteiger partial charge is 0.147 e. The molecular formula is C12H18ClN3. The summed E-state index contributed by atoms with van der Waals surface area (Å²) in [6.45, 7) is 6.23.